The number of piperidine rings is 1. The summed E-state index contributed by atoms with van der Waals surface area (Å²) in [5.74, 6) is 1.04. The molecule has 0 amide bonds. The van der Waals surface area contributed by atoms with Crippen LogP contribution in [0.1, 0.15) is 25.7 Å². The van der Waals surface area contributed by atoms with Crippen molar-refractivity contribution in [1.82, 2.24) is 24.7 Å². The van der Waals surface area contributed by atoms with E-state index in [1.165, 1.54) is 38.8 Å². The maximum Gasteiger partial charge on any atom is 0.193 e. The van der Waals surface area contributed by atoms with Gasteiger partial charge in [-0.2, -0.15) is 0 Å². The third-order valence-electron chi connectivity index (χ3n) is 4.79. The number of hydrogen-bond acceptors (Lipinski definition) is 3. The molecule has 3 rings (SSSR count). The molecule has 0 spiro atoms. The Labute approximate surface area is 133 Å². The Hall–Kier alpha value is -1.56. The second-order valence-electron chi connectivity index (χ2n) is 6.26. The molecule has 1 aromatic heterocycles. The summed E-state index contributed by atoms with van der Waals surface area (Å²) in [6.45, 7) is 6.60. The molecule has 0 aromatic carbocycles. The quantitative estimate of drug-likeness (QED) is 0.666. The molecule has 122 valence electrons. The number of imidazole rings is 1. The molecule has 6 nitrogen and oxygen atoms in total. The SMILES string of the molecule is CN=C(NCCn1ccnc1)N1CCC(N2CCCCC2)C1. The zero-order chi connectivity index (χ0) is 15.2. The van der Waals surface area contributed by atoms with Gasteiger partial charge in [0, 0.05) is 51.7 Å². The molecule has 1 unspecified atom stereocenters. The highest BCUT2D eigenvalue weighted by molar-refractivity contribution is 5.80. The van der Waals surface area contributed by atoms with Crippen molar-refractivity contribution in [2.24, 2.45) is 4.99 Å². The lowest BCUT2D eigenvalue weighted by atomic mass is 10.1. The Morgan fingerprint density at radius 1 is 1.27 bits per heavy atom. The van der Waals surface area contributed by atoms with E-state index in [-0.39, 0.29) is 0 Å². The van der Waals surface area contributed by atoms with E-state index >= 15 is 0 Å². The van der Waals surface area contributed by atoms with Crippen molar-refractivity contribution < 1.29 is 0 Å². The van der Waals surface area contributed by atoms with Crippen LogP contribution in [0.15, 0.2) is 23.7 Å². The van der Waals surface area contributed by atoms with Crippen LogP contribution in [-0.4, -0.2) is 71.1 Å². The molecule has 2 aliphatic rings. The summed E-state index contributed by atoms with van der Waals surface area (Å²) >= 11 is 0. The van der Waals surface area contributed by atoms with Crippen LogP contribution in [0, 0.1) is 0 Å². The monoisotopic (exact) mass is 304 g/mol. The van der Waals surface area contributed by atoms with Gasteiger partial charge in [-0.05, 0) is 32.4 Å². The first-order valence-corrected chi connectivity index (χ1v) is 8.52. The van der Waals surface area contributed by atoms with Gasteiger partial charge >= 0.3 is 0 Å². The molecule has 2 fully saturated rings. The number of rotatable bonds is 4. The van der Waals surface area contributed by atoms with Gasteiger partial charge in [0.2, 0.25) is 0 Å². The summed E-state index contributed by atoms with van der Waals surface area (Å²) in [4.78, 5) is 13.6. The number of nitrogens with one attached hydrogen (secondary N) is 1. The first kappa shape index (κ1) is 15.3. The molecule has 0 bridgehead atoms. The van der Waals surface area contributed by atoms with Crippen molar-refractivity contribution in [3.05, 3.63) is 18.7 Å². The maximum absolute atomic E-state index is 4.46. The van der Waals surface area contributed by atoms with Crippen LogP contribution in [0.5, 0.6) is 0 Å². The Kier molecular flexibility index (Phi) is 5.32. The van der Waals surface area contributed by atoms with Crippen LogP contribution in [0.25, 0.3) is 0 Å². The molecule has 3 heterocycles. The standard InChI is InChI=1S/C16H28N6/c1-17-16(19-7-12-20-11-6-18-14-20)22-10-5-15(13-22)21-8-3-2-4-9-21/h6,11,14-15H,2-5,7-10,12-13H2,1H3,(H,17,19). The molecule has 0 aliphatic carbocycles. The minimum atomic E-state index is 0.715. The maximum atomic E-state index is 4.46. The lowest BCUT2D eigenvalue weighted by Crippen LogP contribution is -2.45. The summed E-state index contributed by atoms with van der Waals surface area (Å²) in [7, 11) is 1.88. The number of aromatic nitrogens is 2. The third-order valence-corrected chi connectivity index (χ3v) is 4.79. The average Bonchev–Trinajstić information content (AvgIpc) is 3.24. The van der Waals surface area contributed by atoms with E-state index in [0.717, 1.165) is 32.1 Å². The highest BCUT2D eigenvalue weighted by Crippen LogP contribution is 2.20. The van der Waals surface area contributed by atoms with Gasteiger partial charge in [-0.3, -0.25) is 9.89 Å². The van der Waals surface area contributed by atoms with Crippen molar-refractivity contribution >= 4 is 5.96 Å². The largest absolute Gasteiger partial charge is 0.354 e. The van der Waals surface area contributed by atoms with E-state index in [1.807, 2.05) is 25.8 Å². The van der Waals surface area contributed by atoms with Crippen LogP contribution in [-0.2, 0) is 6.54 Å². The highest BCUT2D eigenvalue weighted by Gasteiger charge is 2.29. The second-order valence-corrected chi connectivity index (χ2v) is 6.26. The van der Waals surface area contributed by atoms with Gasteiger partial charge in [0.05, 0.1) is 6.33 Å². The number of nitrogens with zero attached hydrogens (tertiary/aromatic N) is 5. The number of guanidine groups is 1. The van der Waals surface area contributed by atoms with Gasteiger partial charge in [-0.1, -0.05) is 6.42 Å². The van der Waals surface area contributed by atoms with E-state index in [0.29, 0.717) is 6.04 Å². The van der Waals surface area contributed by atoms with Crippen LogP contribution in [0.3, 0.4) is 0 Å². The average molecular weight is 304 g/mol. The van der Waals surface area contributed by atoms with Crippen molar-refractivity contribution in [1.29, 1.82) is 0 Å². The normalized spacial score (nSPS) is 24.0. The Bertz CT molecular complexity index is 463. The van der Waals surface area contributed by atoms with E-state index in [9.17, 15) is 0 Å². The Morgan fingerprint density at radius 3 is 2.86 bits per heavy atom. The van der Waals surface area contributed by atoms with Gasteiger partial charge in [0.1, 0.15) is 0 Å². The summed E-state index contributed by atoms with van der Waals surface area (Å²) in [5.41, 5.74) is 0. The van der Waals surface area contributed by atoms with E-state index < -0.39 is 0 Å². The van der Waals surface area contributed by atoms with Crippen molar-refractivity contribution in [3.8, 4) is 0 Å². The predicted octanol–water partition coefficient (Wildman–Crippen LogP) is 1.02. The molecule has 22 heavy (non-hydrogen) atoms. The minimum absolute atomic E-state index is 0.715. The van der Waals surface area contributed by atoms with E-state index in [2.05, 4.69) is 29.7 Å². The van der Waals surface area contributed by atoms with E-state index in [1.54, 1.807) is 0 Å². The molecule has 2 saturated heterocycles. The zero-order valence-electron chi connectivity index (χ0n) is 13.6. The summed E-state index contributed by atoms with van der Waals surface area (Å²) in [6, 6.07) is 0.715. The summed E-state index contributed by atoms with van der Waals surface area (Å²) in [5, 5.41) is 3.48. The van der Waals surface area contributed by atoms with Crippen LogP contribution in [0.2, 0.25) is 0 Å². The first-order valence-electron chi connectivity index (χ1n) is 8.52. The second kappa shape index (κ2) is 7.63. The van der Waals surface area contributed by atoms with Crippen molar-refractivity contribution in [3.63, 3.8) is 0 Å². The fourth-order valence-electron chi connectivity index (χ4n) is 3.56. The minimum Gasteiger partial charge on any atom is -0.354 e. The zero-order valence-corrected chi connectivity index (χ0v) is 13.6. The van der Waals surface area contributed by atoms with Crippen LogP contribution in [0.4, 0.5) is 0 Å². The predicted molar refractivity (Wildman–Crippen MR) is 89.0 cm³/mol. The molecule has 1 N–H and O–H groups in total. The van der Waals surface area contributed by atoms with Crippen molar-refractivity contribution in [2.75, 3.05) is 39.8 Å². The fraction of sp³-hybridized carbons (Fsp3) is 0.750. The Balaban J connectivity index is 1.45. The highest BCUT2D eigenvalue weighted by atomic mass is 15.3. The van der Waals surface area contributed by atoms with Crippen molar-refractivity contribution in [2.45, 2.75) is 38.3 Å². The van der Waals surface area contributed by atoms with Crippen LogP contribution >= 0.6 is 0 Å². The fourth-order valence-corrected chi connectivity index (χ4v) is 3.56. The first-order chi connectivity index (χ1) is 10.9. The number of hydrogen-bond donors (Lipinski definition) is 1. The van der Waals surface area contributed by atoms with Gasteiger partial charge in [0.25, 0.3) is 0 Å². The lowest BCUT2D eigenvalue weighted by Gasteiger charge is -2.32. The molecule has 0 radical (unpaired) electrons. The van der Waals surface area contributed by atoms with E-state index in [4.69, 9.17) is 0 Å². The third kappa shape index (κ3) is 3.80. The molecular weight excluding hydrogens is 276 g/mol. The Morgan fingerprint density at radius 2 is 2.14 bits per heavy atom. The lowest BCUT2D eigenvalue weighted by molar-refractivity contribution is 0.168. The van der Waals surface area contributed by atoms with Gasteiger partial charge in [-0.25, -0.2) is 4.98 Å². The molecular formula is C16H28N6. The topological polar surface area (TPSA) is 48.7 Å². The van der Waals surface area contributed by atoms with Gasteiger partial charge in [-0.15, -0.1) is 0 Å². The smallest absolute Gasteiger partial charge is 0.193 e. The number of likely N-dealkylation sites (tertiary alicyclic amines) is 2. The molecule has 6 heteroatoms. The summed E-state index contributed by atoms with van der Waals surface area (Å²) < 4.78 is 2.08. The van der Waals surface area contributed by atoms with Crippen LogP contribution < -0.4 is 5.32 Å². The van der Waals surface area contributed by atoms with Gasteiger partial charge < -0.3 is 14.8 Å². The molecule has 0 saturated carbocycles. The number of aliphatic imine (C=N–C) groups is 1. The molecule has 1 atom stereocenters. The summed E-state index contributed by atoms with van der Waals surface area (Å²) in [6.07, 6.45) is 11.1. The molecule has 2 aliphatic heterocycles. The molecule has 1 aromatic rings. The van der Waals surface area contributed by atoms with Gasteiger partial charge in [0.15, 0.2) is 5.96 Å².